The molecule has 6 heteroatoms. The van der Waals surface area contributed by atoms with Crippen molar-refractivity contribution in [2.45, 2.75) is 13.8 Å². The van der Waals surface area contributed by atoms with Gasteiger partial charge < -0.3 is 10.6 Å². The molecule has 0 aliphatic rings. The van der Waals surface area contributed by atoms with Crippen molar-refractivity contribution in [3.8, 4) is 0 Å². The Balaban J connectivity index is 2.31. The number of hydrogen-bond acceptors (Lipinski definition) is 3. The smallest absolute Gasteiger partial charge is 0.252 e. The summed E-state index contributed by atoms with van der Waals surface area (Å²) in [7, 11) is 0. The van der Waals surface area contributed by atoms with E-state index >= 15 is 0 Å². The maximum absolute atomic E-state index is 11.6. The third-order valence-electron chi connectivity index (χ3n) is 1.95. The number of hydrogen-bond donors (Lipinski definition) is 2. The van der Waals surface area contributed by atoms with Crippen LogP contribution in [0.1, 0.15) is 24.2 Å². The zero-order chi connectivity index (χ0) is 12.8. The Morgan fingerprint density at radius 3 is 2.65 bits per heavy atom. The minimum atomic E-state index is -0.205. The molecule has 0 aromatic carbocycles. The topological polar surface area (TPSA) is 58.2 Å². The Hall–Kier alpha value is -0.630. The lowest BCUT2D eigenvalue weighted by molar-refractivity contribution is -0.120. The molecule has 0 unspecified atom stereocenters. The fourth-order valence-electron chi connectivity index (χ4n) is 1.07. The molecule has 0 fully saturated rings. The van der Waals surface area contributed by atoms with E-state index in [-0.39, 0.29) is 18.4 Å². The van der Waals surface area contributed by atoms with Crippen molar-refractivity contribution in [1.82, 2.24) is 10.6 Å². The Bertz CT molecular complexity index is 404. The molecule has 94 valence electrons. The Labute approximate surface area is 118 Å². The molecule has 1 heterocycles. The van der Waals surface area contributed by atoms with Crippen LogP contribution in [0.4, 0.5) is 0 Å². The first kappa shape index (κ1) is 14.4. The van der Waals surface area contributed by atoms with E-state index < -0.39 is 0 Å². The average Bonchev–Trinajstić information content (AvgIpc) is 2.70. The van der Waals surface area contributed by atoms with Crippen LogP contribution in [0.2, 0.25) is 0 Å². The SMILES string of the molecule is CC(C)CNC(=O)CNC(=O)c1csc(I)c1. The highest BCUT2D eigenvalue weighted by Gasteiger charge is 2.09. The second-order valence-corrected chi connectivity index (χ2v) is 6.83. The summed E-state index contributed by atoms with van der Waals surface area (Å²) in [6.45, 7) is 4.70. The first-order chi connectivity index (χ1) is 7.99. The van der Waals surface area contributed by atoms with Gasteiger partial charge in [0.25, 0.3) is 5.91 Å². The quantitative estimate of drug-likeness (QED) is 0.782. The van der Waals surface area contributed by atoms with Gasteiger partial charge >= 0.3 is 0 Å². The van der Waals surface area contributed by atoms with Gasteiger partial charge in [-0.25, -0.2) is 0 Å². The predicted octanol–water partition coefficient (Wildman–Crippen LogP) is 1.85. The van der Waals surface area contributed by atoms with E-state index in [2.05, 4.69) is 33.2 Å². The van der Waals surface area contributed by atoms with Gasteiger partial charge in [-0.3, -0.25) is 9.59 Å². The lowest BCUT2D eigenvalue weighted by atomic mass is 10.2. The van der Waals surface area contributed by atoms with Crippen molar-refractivity contribution in [2.24, 2.45) is 5.92 Å². The van der Waals surface area contributed by atoms with Crippen LogP contribution in [0, 0.1) is 8.80 Å². The molecule has 1 aromatic rings. The van der Waals surface area contributed by atoms with Crippen LogP contribution in [-0.4, -0.2) is 24.9 Å². The fourth-order valence-corrected chi connectivity index (χ4v) is 2.40. The van der Waals surface area contributed by atoms with Crippen molar-refractivity contribution >= 4 is 45.7 Å². The summed E-state index contributed by atoms with van der Waals surface area (Å²) >= 11 is 3.66. The van der Waals surface area contributed by atoms with Crippen LogP contribution < -0.4 is 10.6 Å². The first-order valence-electron chi connectivity index (χ1n) is 5.28. The molecule has 0 saturated carbocycles. The average molecular weight is 366 g/mol. The molecular formula is C11H15IN2O2S. The van der Waals surface area contributed by atoms with Crippen molar-refractivity contribution in [2.75, 3.05) is 13.1 Å². The van der Waals surface area contributed by atoms with Gasteiger partial charge in [-0.15, -0.1) is 11.3 Å². The van der Waals surface area contributed by atoms with Gasteiger partial charge in [-0.2, -0.15) is 0 Å². The summed E-state index contributed by atoms with van der Waals surface area (Å²) < 4.78 is 1.05. The van der Waals surface area contributed by atoms with Gasteiger partial charge in [0.1, 0.15) is 0 Å². The number of thiophene rings is 1. The second-order valence-electron chi connectivity index (χ2n) is 4.02. The molecule has 0 aliphatic heterocycles. The maximum Gasteiger partial charge on any atom is 0.252 e. The molecule has 2 amide bonds. The summed E-state index contributed by atoms with van der Waals surface area (Å²) in [5, 5.41) is 7.11. The van der Waals surface area contributed by atoms with Gasteiger partial charge in [0, 0.05) is 11.9 Å². The second kappa shape index (κ2) is 6.95. The Kier molecular flexibility index (Phi) is 5.90. The summed E-state index contributed by atoms with van der Waals surface area (Å²) in [6, 6.07) is 1.80. The van der Waals surface area contributed by atoms with Gasteiger partial charge in [-0.05, 0) is 34.6 Å². The number of carbonyl (C=O) groups is 2. The maximum atomic E-state index is 11.6. The molecular weight excluding hydrogens is 351 g/mol. The van der Waals surface area contributed by atoms with E-state index in [0.29, 0.717) is 18.0 Å². The van der Waals surface area contributed by atoms with Gasteiger partial charge in [0.05, 0.1) is 15.0 Å². The van der Waals surface area contributed by atoms with E-state index in [1.54, 1.807) is 11.4 Å². The third kappa shape index (κ3) is 5.49. The number of carbonyl (C=O) groups excluding carboxylic acids is 2. The molecule has 1 aromatic heterocycles. The summed E-state index contributed by atoms with van der Waals surface area (Å²) in [4.78, 5) is 23.0. The fraction of sp³-hybridized carbons (Fsp3) is 0.455. The van der Waals surface area contributed by atoms with Crippen LogP contribution in [0.25, 0.3) is 0 Å². The van der Waals surface area contributed by atoms with Crippen LogP contribution in [-0.2, 0) is 4.79 Å². The summed E-state index contributed by atoms with van der Waals surface area (Å²) in [5.74, 6) is 0.0499. The van der Waals surface area contributed by atoms with E-state index in [9.17, 15) is 9.59 Å². The minimum absolute atomic E-state index is 0.0258. The third-order valence-corrected chi connectivity index (χ3v) is 3.74. The Morgan fingerprint density at radius 1 is 1.41 bits per heavy atom. The first-order valence-corrected chi connectivity index (χ1v) is 7.24. The molecule has 0 radical (unpaired) electrons. The van der Waals surface area contributed by atoms with E-state index in [1.807, 2.05) is 13.8 Å². The molecule has 0 spiro atoms. The minimum Gasteiger partial charge on any atom is -0.354 e. The largest absolute Gasteiger partial charge is 0.354 e. The van der Waals surface area contributed by atoms with Gasteiger partial charge in [-0.1, -0.05) is 13.8 Å². The molecule has 2 N–H and O–H groups in total. The van der Waals surface area contributed by atoms with Gasteiger partial charge in [0.2, 0.25) is 5.91 Å². The van der Waals surface area contributed by atoms with Crippen LogP contribution >= 0.6 is 33.9 Å². The van der Waals surface area contributed by atoms with E-state index in [4.69, 9.17) is 0 Å². The van der Waals surface area contributed by atoms with E-state index in [1.165, 1.54) is 11.3 Å². The summed E-state index contributed by atoms with van der Waals surface area (Å²) in [6.07, 6.45) is 0. The van der Waals surface area contributed by atoms with Crippen molar-refractivity contribution < 1.29 is 9.59 Å². The highest BCUT2D eigenvalue weighted by molar-refractivity contribution is 14.1. The number of rotatable bonds is 5. The zero-order valence-corrected chi connectivity index (χ0v) is 12.7. The molecule has 4 nitrogen and oxygen atoms in total. The normalized spacial score (nSPS) is 10.4. The zero-order valence-electron chi connectivity index (χ0n) is 9.75. The Morgan fingerprint density at radius 2 is 2.12 bits per heavy atom. The predicted molar refractivity (Wildman–Crippen MR) is 77.2 cm³/mol. The van der Waals surface area contributed by atoms with Crippen molar-refractivity contribution in [3.63, 3.8) is 0 Å². The molecule has 0 atom stereocenters. The number of amides is 2. The molecule has 0 saturated heterocycles. The molecule has 0 bridgehead atoms. The molecule has 0 aliphatic carbocycles. The number of nitrogens with one attached hydrogen (secondary N) is 2. The summed E-state index contributed by atoms with van der Waals surface area (Å²) in [5.41, 5.74) is 0.607. The van der Waals surface area contributed by atoms with Crippen LogP contribution in [0.5, 0.6) is 0 Å². The number of halogens is 1. The highest BCUT2D eigenvalue weighted by Crippen LogP contribution is 2.16. The van der Waals surface area contributed by atoms with Crippen molar-refractivity contribution in [3.05, 3.63) is 19.9 Å². The van der Waals surface area contributed by atoms with Crippen molar-refractivity contribution in [1.29, 1.82) is 0 Å². The molecule has 17 heavy (non-hydrogen) atoms. The lowest BCUT2D eigenvalue weighted by Gasteiger charge is -2.08. The highest BCUT2D eigenvalue weighted by atomic mass is 127. The monoisotopic (exact) mass is 366 g/mol. The molecule has 1 rings (SSSR count). The van der Waals surface area contributed by atoms with Crippen LogP contribution in [0.3, 0.4) is 0 Å². The van der Waals surface area contributed by atoms with Crippen LogP contribution in [0.15, 0.2) is 11.4 Å². The standard InChI is InChI=1S/C11H15IN2O2S/c1-7(2)4-13-10(15)5-14-11(16)8-3-9(12)17-6-8/h3,6-7H,4-5H2,1-2H3,(H,13,15)(H,14,16). The van der Waals surface area contributed by atoms with Gasteiger partial charge in [0.15, 0.2) is 0 Å². The van der Waals surface area contributed by atoms with E-state index in [0.717, 1.165) is 2.88 Å². The lowest BCUT2D eigenvalue weighted by Crippen LogP contribution is -2.38.